The van der Waals surface area contributed by atoms with Gasteiger partial charge in [-0.25, -0.2) is 4.79 Å². The van der Waals surface area contributed by atoms with Crippen LogP contribution < -0.4 is 9.47 Å². The molecule has 0 unspecified atom stereocenters. The molecule has 0 saturated carbocycles. The zero-order valence-electron chi connectivity index (χ0n) is 13.4. The van der Waals surface area contributed by atoms with E-state index >= 15 is 0 Å². The predicted molar refractivity (Wildman–Crippen MR) is 90.6 cm³/mol. The molecule has 0 aliphatic heterocycles. The van der Waals surface area contributed by atoms with Crippen LogP contribution in [-0.4, -0.2) is 24.3 Å². The largest absolute Gasteiger partial charge is 0.493 e. The first-order valence-electron chi connectivity index (χ1n) is 7.30. The normalized spacial score (nSPS) is 12.1. The van der Waals surface area contributed by atoms with E-state index in [1.807, 2.05) is 30.3 Å². The summed E-state index contributed by atoms with van der Waals surface area (Å²) in [7, 11) is 1.48. The number of hydrogen-bond donors (Lipinski definition) is 1. The fourth-order valence-corrected chi connectivity index (χ4v) is 2.11. The van der Waals surface area contributed by atoms with Gasteiger partial charge in [0.1, 0.15) is 0 Å². The Bertz CT molecular complexity index is 791. The number of carbonyl (C=O) groups is 1. The number of hydrogen-bond acceptors (Lipinski definition) is 4. The molecule has 1 atom stereocenters. The van der Waals surface area contributed by atoms with Crippen molar-refractivity contribution in [3.63, 3.8) is 0 Å². The molecule has 2 rings (SSSR count). The number of rotatable bonds is 6. The van der Waals surface area contributed by atoms with Crippen LogP contribution >= 0.6 is 0 Å². The third-order valence-corrected chi connectivity index (χ3v) is 3.38. The van der Waals surface area contributed by atoms with Crippen molar-refractivity contribution in [2.24, 2.45) is 0 Å². The van der Waals surface area contributed by atoms with Gasteiger partial charge >= 0.3 is 5.97 Å². The summed E-state index contributed by atoms with van der Waals surface area (Å²) >= 11 is 0. The van der Waals surface area contributed by atoms with E-state index in [4.69, 9.17) is 14.6 Å². The average Bonchev–Trinajstić information content (AvgIpc) is 2.61. The Morgan fingerprint density at radius 3 is 2.50 bits per heavy atom. The van der Waals surface area contributed by atoms with Gasteiger partial charge in [-0.05, 0) is 24.6 Å². The van der Waals surface area contributed by atoms with Crippen LogP contribution in [0.25, 0.3) is 11.6 Å². The molecule has 0 spiro atoms. The van der Waals surface area contributed by atoms with Gasteiger partial charge in [0.05, 0.1) is 18.8 Å². The summed E-state index contributed by atoms with van der Waals surface area (Å²) < 4.78 is 10.8. The van der Waals surface area contributed by atoms with E-state index in [0.717, 1.165) is 5.56 Å². The summed E-state index contributed by atoms with van der Waals surface area (Å²) in [5.41, 5.74) is 1.78. The molecule has 0 aliphatic rings. The van der Waals surface area contributed by atoms with E-state index in [0.29, 0.717) is 22.6 Å². The van der Waals surface area contributed by atoms with Crippen LogP contribution in [0.15, 0.2) is 48.5 Å². The molecule has 24 heavy (non-hydrogen) atoms. The molecule has 0 bridgehead atoms. The summed E-state index contributed by atoms with van der Waals surface area (Å²) in [5.74, 6) is -0.389. The highest BCUT2D eigenvalue weighted by Crippen LogP contribution is 2.34. The molecule has 1 N–H and O–H groups in total. The van der Waals surface area contributed by atoms with Crippen LogP contribution in [-0.2, 0) is 4.79 Å². The maximum absolute atomic E-state index is 11.1. The Morgan fingerprint density at radius 1 is 1.21 bits per heavy atom. The number of nitrogens with zero attached hydrogens (tertiary/aromatic N) is 1. The van der Waals surface area contributed by atoms with E-state index in [9.17, 15) is 10.1 Å². The van der Waals surface area contributed by atoms with Crippen LogP contribution in [0.5, 0.6) is 11.5 Å². The van der Waals surface area contributed by atoms with Gasteiger partial charge in [0.25, 0.3) is 0 Å². The lowest BCUT2D eigenvalue weighted by Gasteiger charge is -2.16. The molecule has 5 heteroatoms. The van der Waals surface area contributed by atoms with Crippen molar-refractivity contribution in [1.82, 2.24) is 0 Å². The molecule has 2 aromatic carbocycles. The highest BCUT2D eigenvalue weighted by molar-refractivity contribution is 5.91. The Hall–Kier alpha value is -3.26. The zero-order valence-corrected chi connectivity index (χ0v) is 13.4. The first kappa shape index (κ1) is 17.1. The second kappa shape index (κ2) is 7.84. The van der Waals surface area contributed by atoms with E-state index in [1.165, 1.54) is 14.0 Å². The quantitative estimate of drug-likeness (QED) is 0.649. The van der Waals surface area contributed by atoms with Crippen molar-refractivity contribution in [2.45, 2.75) is 13.0 Å². The van der Waals surface area contributed by atoms with E-state index < -0.39 is 12.1 Å². The first-order valence-corrected chi connectivity index (χ1v) is 7.30. The first-order chi connectivity index (χ1) is 11.6. The minimum Gasteiger partial charge on any atom is -0.493 e. The van der Waals surface area contributed by atoms with Crippen LogP contribution in [0, 0.1) is 11.3 Å². The van der Waals surface area contributed by atoms with Gasteiger partial charge in [-0.15, -0.1) is 0 Å². The number of benzene rings is 2. The highest BCUT2D eigenvalue weighted by Gasteiger charge is 2.18. The molecule has 0 saturated heterocycles. The molecular formula is C19H17NO4. The Balaban J connectivity index is 2.51. The van der Waals surface area contributed by atoms with E-state index in [-0.39, 0.29) is 0 Å². The number of carboxylic acids is 1. The number of para-hydroxylation sites is 1. The fraction of sp³-hybridized carbons (Fsp3) is 0.158. The molecule has 2 aromatic rings. The molecule has 0 fully saturated rings. The summed E-state index contributed by atoms with van der Waals surface area (Å²) in [6.07, 6.45) is 0.609. The number of nitriles is 1. The lowest BCUT2D eigenvalue weighted by molar-refractivity contribution is -0.144. The standard InChI is InChI=1S/C19H17NO4/c1-13(19(21)22)24-18-15(9-6-10-17(18)23-2)11-16(12-20)14-7-4-3-5-8-14/h3-11,13H,1-2H3,(H,21,22)/b16-11+/t13-/m1/s1. The van der Waals surface area contributed by atoms with Gasteiger partial charge < -0.3 is 14.6 Å². The van der Waals surface area contributed by atoms with Crippen LogP contribution in [0.3, 0.4) is 0 Å². The van der Waals surface area contributed by atoms with Crippen molar-refractivity contribution in [2.75, 3.05) is 7.11 Å². The zero-order chi connectivity index (χ0) is 17.5. The monoisotopic (exact) mass is 323 g/mol. The minimum absolute atomic E-state index is 0.290. The van der Waals surface area contributed by atoms with Crippen molar-refractivity contribution >= 4 is 17.6 Å². The minimum atomic E-state index is -1.08. The fourth-order valence-electron chi connectivity index (χ4n) is 2.11. The lowest BCUT2D eigenvalue weighted by Crippen LogP contribution is -2.23. The van der Waals surface area contributed by atoms with Gasteiger partial charge in [-0.2, -0.15) is 5.26 Å². The smallest absolute Gasteiger partial charge is 0.344 e. The second-order valence-corrected chi connectivity index (χ2v) is 5.01. The van der Waals surface area contributed by atoms with Gasteiger partial charge in [0, 0.05) is 5.56 Å². The SMILES string of the molecule is COc1cccc(/C=C(\C#N)c2ccccc2)c1O[C@H](C)C(=O)O. The van der Waals surface area contributed by atoms with Gasteiger partial charge in [0.2, 0.25) is 0 Å². The van der Waals surface area contributed by atoms with Crippen LogP contribution in [0.2, 0.25) is 0 Å². The van der Waals surface area contributed by atoms with Gasteiger partial charge in [-0.1, -0.05) is 42.5 Å². The molecule has 0 amide bonds. The second-order valence-electron chi connectivity index (χ2n) is 5.01. The number of allylic oxidation sites excluding steroid dienone is 1. The number of ether oxygens (including phenoxy) is 2. The van der Waals surface area contributed by atoms with Crippen LogP contribution in [0.1, 0.15) is 18.1 Å². The van der Waals surface area contributed by atoms with Crippen molar-refractivity contribution in [1.29, 1.82) is 5.26 Å². The number of methoxy groups -OCH3 is 1. The summed E-state index contributed by atoms with van der Waals surface area (Å²) in [6, 6.07) is 16.5. The molecule has 0 aliphatic carbocycles. The molecule has 0 radical (unpaired) electrons. The van der Waals surface area contributed by atoms with E-state index in [1.54, 1.807) is 24.3 Å². The molecule has 122 valence electrons. The Labute approximate surface area is 140 Å². The maximum atomic E-state index is 11.1. The van der Waals surface area contributed by atoms with Crippen LogP contribution in [0.4, 0.5) is 0 Å². The van der Waals surface area contributed by atoms with Crippen molar-refractivity contribution in [3.05, 3.63) is 59.7 Å². The third-order valence-electron chi connectivity index (χ3n) is 3.38. The van der Waals surface area contributed by atoms with Crippen molar-refractivity contribution < 1.29 is 19.4 Å². The third kappa shape index (κ3) is 3.93. The predicted octanol–water partition coefficient (Wildman–Crippen LogP) is 3.61. The molecule has 0 aromatic heterocycles. The number of carboxylic acid groups (broad SMARTS) is 1. The summed E-state index contributed by atoms with van der Waals surface area (Å²) in [4.78, 5) is 11.1. The Morgan fingerprint density at radius 2 is 1.92 bits per heavy atom. The lowest BCUT2D eigenvalue weighted by atomic mass is 10.0. The van der Waals surface area contributed by atoms with Gasteiger partial charge in [-0.3, -0.25) is 0 Å². The summed E-state index contributed by atoms with van der Waals surface area (Å²) in [6.45, 7) is 1.44. The molecule has 0 heterocycles. The van der Waals surface area contributed by atoms with Gasteiger partial charge in [0.15, 0.2) is 17.6 Å². The topological polar surface area (TPSA) is 79.5 Å². The van der Waals surface area contributed by atoms with E-state index in [2.05, 4.69) is 6.07 Å². The average molecular weight is 323 g/mol. The summed E-state index contributed by atoms with van der Waals surface area (Å²) in [5, 5.41) is 18.5. The van der Waals surface area contributed by atoms with Crippen molar-refractivity contribution in [3.8, 4) is 17.6 Å². The Kier molecular flexibility index (Phi) is 5.58. The maximum Gasteiger partial charge on any atom is 0.344 e. The number of aliphatic carboxylic acids is 1. The molecular weight excluding hydrogens is 306 g/mol. The highest BCUT2D eigenvalue weighted by atomic mass is 16.5. The molecule has 5 nitrogen and oxygen atoms in total.